The highest BCUT2D eigenvalue weighted by molar-refractivity contribution is 6.07. The maximum Gasteiger partial charge on any atom is 0.234 e. The van der Waals surface area contributed by atoms with Gasteiger partial charge in [-0.1, -0.05) is 0 Å². The average molecular weight is 259 g/mol. The molecule has 0 bridgehead atoms. The third-order valence-electron chi connectivity index (χ3n) is 4.09. The first-order chi connectivity index (χ1) is 9.00. The quantitative estimate of drug-likeness (QED) is 0.828. The Bertz CT molecular complexity index is 557. The summed E-state index contributed by atoms with van der Waals surface area (Å²) in [7, 11) is 0. The Kier molecular flexibility index (Phi) is 2.71. The van der Waals surface area contributed by atoms with Crippen LogP contribution in [0.1, 0.15) is 36.2 Å². The highest BCUT2D eigenvalue weighted by Crippen LogP contribution is 2.38. The fourth-order valence-electron chi connectivity index (χ4n) is 2.70. The predicted octanol–water partition coefficient (Wildman–Crippen LogP) is 2.14. The fourth-order valence-corrected chi connectivity index (χ4v) is 2.70. The smallest absolute Gasteiger partial charge is 0.234 e. The molecule has 1 N–H and O–H groups in total. The van der Waals surface area contributed by atoms with Gasteiger partial charge in [-0.3, -0.25) is 9.59 Å². The summed E-state index contributed by atoms with van der Waals surface area (Å²) in [4.78, 5) is 24.2. The van der Waals surface area contributed by atoms with E-state index in [0.29, 0.717) is 18.8 Å². The van der Waals surface area contributed by atoms with E-state index >= 15 is 0 Å². The Morgan fingerprint density at radius 1 is 1.42 bits per heavy atom. The summed E-state index contributed by atoms with van der Waals surface area (Å²) >= 11 is 0. The molecule has 100 valence electrons. The highest BCUT2D eigenvalue weighted by Gasteiger charge is 2.39. The molecule has 0 radical (unpaired) electrons. The van der Waals surface area contributed by atoms with Gasteiger partial charge in [0.1, 0.15) is 0 Å². The minimum atomic E-state index is -0.572. The Morgan fingerprint density at radius 3 is 2.89 bits per heavy atom. The number of fused-ring (bicyclic) bond motifs is 1. The molecule has 1 aromatic rings. The van der Waals surface area contributed by atoms with Gasteiger partial charge in [0, 0.05) is 23.8 Å². The average Bonchev–Trinajstić information content (AvgIpc) is 2.98. The molecule has 0 saturated carbocycles. The summed E-state index contributed by atoms with van der Waals surface area (Å²) in [5.41, 5.74) is 1.83. The highest BCUT2D eigenvalue weighted by atomic mass is 16.5. The van der Waals surface area contributed by atoms with E-state index in [1.807, 2.05) is 26.0 Å². The van der Waals surface area contributed by atoms with E-state index in [9.17, 15) is 9.59 Å². The van der Waals surface area contributed by atoms with Crippen LogP contribution >= 0.6 is 0 Å². The fraction of sp³-hybridized carbons (Fsp3) is 0.467. The van der Waals surface area contributed by atoms with Crippen molar-refractivity contribution in [3.63, 3.8) is 0 Å². The molecule has 2 aliphatic heterocycles. The number of hydrogen-bond donors (Lipinski definition) is 1. The third-order valence-corrected chi connectivity index (χ3v) is 4.09. The van der Waals surface area contributed by atoms with Crippen LogP contribution in [0.2, 0.25) is 0 Å². The van der Waals surface area contributed by atoms with Crippen LogP contribution in [0.15, 0.2) is 18.2 Å². The first-order valence-electron chi connectivity index (χ1n) is 6.58. The van der Waals surface area contributed by atoms with Crippen LogP contribution in [0.25, 0.3) is 0 Å². The molecular weight excluding hydrogens is 242 g/mol. The van der Waals surface area contributed by atoms with E-state index in [0.717, 1.165) is 17.7 Å². The molecule has 4 nitrogen and oxygen atoms in total. The van der Waals surface area contributed by atoms with Gasteiger partial charge in [0.05, 0.1) is 12.0 Å². The van der Waals surface area contributed by atoms with Crippen molar-refractivity contribution in [2.24, 2.45) is 5.92 Å². The second-order valence-corrected chi connectivity index (χ2v) is 5.76. The molecule has 19 heavy (non-hydrogen) atoms. The van der Waals surface area contributed by atoms with E-state index in [-0.39, 0.29) is 17.6 Å². The summed E-state index contributed by atoms with van der Waals surface area (Å²) < 4.78 is 5.26. The van der Waals surface area contributed by atoms with Gasteiger partial charge in [-0.05, 0) is 44.0 Å². The molecule has 0 aliphatic carbocycles. The Balaban J connectivity index is 1.96. The lowest BCUT2D eigenvalue weighted by molar-refractivity contribution is -0.119. The number of anilines is 1. The van der Waals surface area contributed by atoms with Crippen LogP contribution in [0.3, 0.4) is 0 Å². The van der Waals surface area contributed by atoms with Gasteiger partial charge in [-0.15, -0.1) is 0 Å². The van der Waals surface area contributed by atoms with Gasteiger partial charge < -0.3 is 10.1 Å². The zero-order valence-electron chi connectivity index (χ0n) is 11.2. The zero-order valence-corrected chi connectivity index (χ0v) is 11.2. The van der Waals surface area contributed by atoms with Crippen LogP contribution in [-0.2, 0) is 14.9 Å². The van der Waals surface area contributed by atoms with Crippen molar-refractivity contribution in [2.75, 3.05) is 18.5 Å². The molecule has 1 saturated heterocycles. The molecule has 1 amide bonds. The number of hydrogen-bond acceptors (Lipinski definition) is 3. The maximum absolute atomic E-state index is 12.4. The number of rotatable bonds is 2. The van der Waals surface area contributed by atoms with Crippen molar-refractivity contribution in [1.82, 2.24) is 0 Å². The predicted molar refractivity (Wildman–Crippen MR) is 71.4 cm³/mol. The van der Waals surface area contributed by atoms with Gasteiger partial charge >= 0.3 is 0 Å². The van der Waals surface area contributed by atoms with E-state index in [2.05, 4.69) is 5.32 Å². The molecular formula is C15H17NO3. The molecule has 1 unspecified atom stereocenters. The number of amides is 1. The van der Waals surface area contributed by atoms with Crippen LogP contribution in [0, 0.1) is 5.92 Å². The summed E-state index contributed by atoms with van der Waals surface area (Å²) in [6.45, 7) is 4.92. The van der Waals surface area contributed by atoms with Crippen molar-refractivity contribution in [2.45, 2.75) is 25.7 Å². The van der Waals surface area contributed by atoms with Crippen molar-refractivity contribution < 1.29 is 14.3 Å². The van der Waals surface area contributed by atoms with Crippen LogP contribution in [-0.4, -0.2) is 24.9 Å². The molecule has 0 aromatic heterocycles. The normalized spacial score (nSPS) is 24.1. The maximum atomic E-state index is 12.4. The van der Waals surface area contributed by atoms with Crippen molar-refractivity contribution >= 4 is 17.4 Å². The Hall–Kier alpha value is -1.68. The van der Waals surface area contributed by atoms with Crippen LogP contribution in [0.4, 0.5) is 5.69 Å². The Labute approximate surface area is 112 Å². The lowest BCUT2D eigenvalue weighted by Gasteiger charge is -2.16. The molecule has 0 spiro atoms. The van der Waals surface area contributed by atoms with E-state index in [4.69, 9.17) is 4.74 Å². The molecule has 2 aliphatic rings. The summed E-state index contributed by atoms with van der Waals surface area (Å²) in [5.74, 6) is 0.0676. The monoisotopic (exact) mass is 259 g/mol. The second-order valence-electron chi connectivity index (χ2n) is 5.76. The number of carbonyl (C=O) groups is 2. The SMILES string of the molecule is CC1(C)C(=O)Nc2ccc(C(=O)C3CCOC3)cc21. The summed E-state index contributed by atoms with van der Waals surface area (Å²) in [6, 6.07) is 5.47. The lowest BCUT2D eigenvalue weighted by atomic mass is 9.84. The van der Waals surface area contributed by atoms with Crippen molar-refractivity contribution in [3.8, 4) is 0 Å². The van der Waals surface area contributed by atoms with E-state index in [1.165, 1.54) is 0 Å². The molecule has 1 aromatic carbocycles. The lowest BCUT2D eigenvalue weighted by Crippen LogP contribution is -2.27. The summed E-state index contributed by atoms with van der Waals surface area (Å²) in [6.07, 6.45) is 0.788. The summed E-state index contributed by atoms with van der Waals surface area (Å²) in [5, 5.41) is 2.85. The third kappa shape index (κ3) is 1.87. The number of carbonyl (C=O) groups excluding carboxylic acids is 2. The molecule has 1 fully saturated rings. The zero-order chi connectivity index (χ0) is 13.6. The largest absolute Gasteiger partial charge is 0.381 e. The number of benzene rings is 1. The minimum Gasteiger partial charge on any atom is -0.381 e. The first kappa shape index (κ1) is 12.4. The molecule has 2 heterocycles. The van der Waals surface area contributed by atoms with Crippen molar-refractivity contribution in [1.29, 1.82) is 0 Å². The number of ketones is 1. The molecule has 4 heteroatoms. The second kappa shape index (κ2) is 4.17. The van der Waals surface area contributed by atoms with Gasteiger partial charge in [0.25, 0.3) is 0 Å². The van der Waals surface area contributed by atoms with Crippen molar-refractivity contribution in [3.05, 3.63) is 29.3 Å². The number of nitrogens with one attached hydrogen (secondary N) is 1. The topological polar surface area (TPSA) is 55.4 Å². The van der Waals surface area contributed by atoms with Gasteiger partial charge in [0.2, 0.25) is 5.91 Å². The van der Waals surface area contributed by atoms with Crippen LogP contribution < -0.4 is 5.32 Å². The standard InChI is InChI=1S/C15H17NO3/c1-15(2)11-7-9(3-4-12(11)16-14(15)18)13(17)10-5-6-19-8-10/h3-4,7,10H,5-6,8H2,1-2H3,(H,16,18). The van der Waals surface area contributed by atoms with E-state index < -0.39 is 5.41 Å². The van der Waals surface area contributed by atoms with Gasteiger partial charge in [0.15, 0.2) is 5.78 Å². The van der Waals surface area contributed by atoms with Crippen LogP contribution in [0.5, 0.6) is 0 Å². The van der Waals surface area contributed by atoms with E-state index in [1.54, 1.807) is 6.07 Å². The first-order valence-corrected chi connectivity index (χ1v) is 6.58. The molecule has 3 rings (SSSR count). The van der Waals surface area contributed by atoms with Gasteiger partial charge in [-0.2, -0.15) is 0 Å². The minimum absolute atomic E-state index is 0.0173. The molecule has 1 atom stereocenters. The number of Topliss-reactive ketones (excluding diaryl/α,β-unsaturated/α-hetero) is 1. The number of ether oxygens (including phenoxy) is 1. The van der Waals surface area contributed by atoms with Gasteiger partial charge in [-0.25, -0.2) is 0 Å². The Morgan fingerprint density at radius 2 is 2.21 bits per heavy atom.